The van der Waals surface area contributed by atoms with Crippen LogP contribution in [0.15, 0.2) is 72.4 Å². The smallest absolute Gasteiger partial charge is 0.282 e. The standard InChI is InChI=1S/C25H23N3O4/c1-16(30)26-19-12-10-18(11-13-19)22-23(27(2)14-15-29)25(32)28(24(22)31)21-9-5-7-17-6-3-4-8-20(17)21/h3-13,29H,14-15H2,1-2H3,(H,26,30). The number of anilines is 2. The maximum Gasteiger partial charge on any atom is 0.282 e. The second-order valence-corrected chi connectivity index (χ2v) is 7.57. The molecule has 2 N–H and O–H groups in total. The molecule has 7 heteroatoms. The van der Waals surface area contributed by atoms with Gasteiger partial charge in [-0.05, 0) is 29.1 Å². The molecule has 0 saturated heterocycles. The van der Waals surface area contributed by atoms with Gasteiger partial charge in [0, 0.05) is 31.6 Å². The predicted octanol–water partition coefficient (Wildman–Crippen LogP) is 3.01. The van der Waals surface area contributed by atoms with Gasteiger partial charge in [-0.25, -0.2) is 4.90 Å². The third kappa shape index (κ3) is 3.74. The van der Waals surface area contributed by atoms with E-state index in [1.807, 2.05) is 36.4 Å². The van der Waals surface area contributed by atoms with Crippen LogP contribution in [0.25, 0.3) is 16.3 Å². The predicted molar refractivity (Wildman–Crippen MR) is 124 cm³/mol. The number of rotatable bonds is 6. The van der Waals surface area contributed by atoms with Crippen molar-refractivity contribution in [3.05, 3.63) is 78.0 Å². The summed E-state index contributed by atoms with van der Waals surface area (Å²) in [7, 11) is 1.68. The summed E-state index contributed by atoms with van der Waals surface area (Å²) in [6, 6.07) is 19.8. The molecule has 0 fully saturated rings. The van der Waals surface area contributed by atoms with Crippen LogP contribution in [0.1, 0.15) is 12.5 Å². The van der Waals surface area contributed by atoms with Gasteiger partial charge in [0.25, 0.3) is 11.8 Å². The number of amides is 3. The molecule has 7 nitrogen and oxygen atoms in total. The molecule has 0 atom stereocenters. The minimum atomic E-state index is -0.441. The Balaban J connectivity index is 1.83. The molecule has 1 heterocycles. The van der Waals surface area contributed by atoms with Gasteiger partial charge in [-0.1, -0.05) is 48.5 Å². The summed E-state index contributed by atoms with van der Waals surface area (Å²) in [6.07, 6.45) is 0. The van der Waals surface area contributed by atoms with Crippen LogP contribution in [0.3, 0.4) is 0 Å². The van der Waals surface area contributed by atoms with Gasteiger partial charge in [0.15, 0.2) is 0 Å². The molecule has 1 aliphatic heterocycles. The second kappa shape index (κ2) is 8.64. The lowest BCUT2D eigenvalue weighted by atomic mass is 10.0. The second-order valence-electron chi connectivity index (χ2n) is 7.57. The number of likely N-dealkylation sites (N-methyl/N-ethyl adjacent to an activating group) is 1. The van der Waals surface area contributed by atoms with Crippen LogP contribution in [0, 0.1) is 0 Å². The number of carbonyl (C=O) groups is 3. The third-order valence-electron chi connectivity index (χ3n) is 5.38. The molecular weight excluding hydrogens is 406 g/mol. The summed E-state index contributed by atoms with van der Waals surface area (Å²) in [5.74, 6) is -1.07. The monoisotopic (exact) mass is 429 g/mol. The van der Waals surface area contributed by atoms with Crippen molar-refractivity contribution < 1.29 is 19.5 Å². The molecule has 0 spiro atoms. The van der Waals surface area contributed by atoms with E-state index in [1.165, 1.54) is 11.8 Å². The normalized spacial score (nSPS) is 13.8. The molecule has 32 heavy (non-hydrogen) atoms. The van der Waals surface area contributed by atoms with Crippen LogP contribution in [0.2, 0.25) is 0 Å². The average molecular weight is 429 g/mol. The Hall–Kier alpha value is -3.97. The average Bonchev–Trinajstić information content (AvgIpc) is 3.04. The number of imide groups is 1. The Kier molecular flexibility index (Phi) is 5.75. The first-order chi connectivity index (χ1) is 15.4. The number of aliphatic hydroxyl groups excluding tert-OH is 1. The zero-order valence-corrected chi connectivity index (χ0v) is 17.8. The van der Waals surface area contributed by atoms with E-state index in [1.54, 1.807) is 42.3 Å². The lowest BCUT2D eigenvalue weighted by molar-refractivity contribution is -0.120. The molecule has 0 radical (unpaired) electrons. The largest absolute Gasteiger partial charge is 0.395 e. The molecule has 1 aliphatic rings. The van der Waals surface area contributed by atoms with Crippen LogP contribution in [-0.4, -0.2) is 47.9 Å². The van der Waals surface area contributed by atoms with Gasteiger partial charge in [0.2, 0.25) is 5.91 Å². The summed E-state index contributed by atoms with van der Waals surface area (Å²) in [4.78, 5) is 41.3. The summed E-state index contributed by atoms with van der Waals surface area (Å²) in [5, 5.41) is 13.8. The number of nitrogens with one attached hydrogen (secondary N) is 1. The van der Waals surface area contributed by atoms with E-state index in [0.717, 1.165) is 10.8 Å². The summed E-state index contributed by atoms with van der Waals surface area (Å²) >= 11 is 0. The van der Waals surface area contributed by atoms with Crippen molar-refractivity contribution in [1.29, 1.82) is 0 Å². The quantitative estimate of drug-likeness (QED) is 0.588. The number of benzene rings is 3. The maximum atomic E-state index is 13.6. The number of aliphatic hydroxyl groups is 1. The molecule has 3 amide bonds. The van der Waals surface area contributed by atoms with Gasteiger partial charge in [-0.3, -0.25) is 14.4 Å². The molecule has 3 aromatic rings. The van der Waals surface area contributed by atoms with Crippen LogP contribution in [0.4, 0.5) is 11.4 Å². The number of nitrogens with zero attached hydrogens (tertiary/aromatic N) is 2. The highest BCUT2D eigenvalue weighted by molar-refractivity contribution is 6.46. The highest BCUT2D eigenvalue weighted by Gasteiger charge is 2.42. The van der Waals surface area contributed by atoms with E-state index in [9.17, 15) is 19.5 Å². The Labute approximate surface area is 185 Å². The molecule has 4 rings (SSSR count). The van der Waals surface area contributed by atoms with Crippen LogP contribution >= 0.6 is 0 Å². The number of carbonyl (C=O) groups excluding carboxylic acids is 3. The van der Waals surface area contributed by atoms with E-state index in [0.29, 0.717) is 16.9 Å². The highest BCUT2D eigenvalue weighted by atomic mass is 16.3. The summed E-state index contributed by atoms with van der Waals surface area (Å²) in [5.41, 5.74) is 2.14. The molecule has 162 valence electrons. The van der Waals surface area contributed by atoms with Gasteiger partial charge in [0.1, 0.15) is 5.70 Å². The van der Waals surface area contributed by atoms with Gasteiger partial charge >= 0.3 is 0 Å². The first kappa shape index (κ1) is 21.3. The van der Waals surface area contributed by atoms with E-state index in [4.69, 9.17) is 0 Å². The lowest BCUT2D eigenvalue weighted by Crippen LogP contribution is -2.35. The van der Waals surface area contributed by atoms with E-state index < -0.39 is 11.8 Å². The molecule has 0 bridgehead atoms. The van der Waals surface area contributed by atoms with Crippen LogP contribution in [0.5, 0.6) is 0 Å². The van der Waals surface area contributed by atoms with Crippen molar-refractivity contribution in [2.75, 3.05) is 30.4 Å². The van der Waals surface area contributed by atoms with Crippen LogP contribution in [-0.2, 0) is 14.4 Å². The van der Waals surface area contributed by atoms with Crippen molar-refractivity contribution in [3.8, 4) is 0 Å². The van der Waals surface area contributed by atoms with E-state index in [2.05, 4.69) is 5.32 Å². The van der Waals surface area contributed by atoms with E-state index >= 15 is 0 Å². The van der Waals surface area contributed by atoms with Crippen molar-refractivity contribution in [2.24, 2.45) is 0 Å². The van der Waals surface area contributed by atoms with Gasteiger partial charge < -0.3 is 15.3 Å². The summed E-state index contributed by atoms with van der Waals surface area (Å²) < 4.78 is 0. The SMILES string of the molecule is CC(=O)Nc1ccc(C2=C(N(C)CCO)C(=O)N(c3cccc4ccccc34)C2=O)cc1. The maximum absolute atomic E-state index is 13.6. The first-order valence-corrected chi connectivity index (χ1v) is 10.2. The molecular formula is C25H23N3O4. The zero-order valence-electron chi connectivity index (χ0n) is 17.8. The Morgan fingerprint density at radius 3 is 2.34 bits per heavy atom. The topological polar surface area (TPSA) is 90.0 Å². The third-order valence-corrected chi connectivity index (χ3v) is 5.38. The fourth-order valence-electron chi connectivity index (χ4n) is 3.94. The fourth-order valence-corrected chi connectivity index (χ4v) is 3.94. The van der Waals surface area contributed by atoms with Crippen molar-refractivity contribution in [1.82, 2.24) is 4.90 Å². The molecule has 0 unspecified atom stereocenters. The first-order valence-electron chi connectivity index (χ1n) is 10.2. The molecule has 0 aliphatic carbocycles. The van der Waals surface area contributed by atoms with Gasteiger partial charge in [0.05, 0.1) is 17.9 Å². The number of hydrogen-bond donors (Lipinski definition) is 2. The van der Waals surface area contributed by atoms with Crippen molar-refractivity contribution in [2.45, 2.75) is 6.92 Å². The number of hydrogen-bond acceptors (Lipinski definition) is 5. The fraction of sp³-hybridized carbons (Fsp3) is 0.160. The van der Waals surface area contributed by atoms with Gasteiger partial charge in [-0.2, -0.15) is 0 Å². The number of fused-ring (bicyclic) bond motifs is 1. The van der Waals surface area contributed by atoms with Crippen molar-refractivity contribution >= 4 is 45.4 Å². The van der Waals surface area contributed by atoms with Crippen LogP contribution < -0.4 is 10.2 Å². The zero-order chi connectivity index (χ0) is 22.8. The minimum Gasteiger partial charge on any atom is -0.395 e. The minimum absolute atomic E-state index is 0.162. The molecule has 3 aromatic carbocycles. The van der Waals surface area contributed by atoms with Crippen molar-refractivity contribution in [3.63, 3.8) is 0 Å². The Morgan fingerprint density at radius 2 is 1.66 bits per heavy atom. The Bertz CT molecular complexity index is 1240. The highest BCUT2D eigenvalue weighted by Crippen LogP contribution is 2.37. The summed E-state index contributed by atoms with van der Waals surface area (Å²) in [6.45, 7) is 1.45. The Morgan fingerprint density at radius 1 is 0.969 bits per heavy atom. The lowest BCUT2D eigenvalue weighted by Gasteiger charge is -2.21. The van der Waals surface area contributed by atoms with E-state index in [-0.39, 0.29) is 30.3 Å². The van der Waals surface area contributed by atoms with Gasteiger partial charge in [-0.15, -0.1) is 0 Å². The molecule has 0 saturated carbocycles. The molecule has 0 aromatic heterocycles.